The molecule has 2 heteroatoms. The largest absolute Gasteiger partial charge is 0.299 e. The summed E-state index contributed by atoms with van der Waals surface area (Å²) in [4.78, 5) is 16.1. The first-order valence-corrected chi connectivity index (χ1v) is 6.05. The lowest BCUT2D eigenvalue weighted by atomic mass is 9.91. The van der Waals surface area contributed by atoms with Crippen LogP contribution >= 0.6 is 0 Å². The molecule has 3 rings (SSSR count). The minimum Gasteiger partial charge on any atom is -0.299 e. The highest BCUT2D eigenvalue weighted by molar-refractivity contribution is 5.87. The average molecular weight is 225 g/mol. The van der Waals surface area contributed by atoms with Gasteiger partial charge in [-0.05, 0) is 37.8 Å². The number of hydrogen-bond donors (Lipinski definition) is 0. The van der Waals surface area contributed by atoms with Crippen molar-refractivity contribution in [2.75, 3.05) is 0 Å². The third-order valence-electron chi connectivity index (χ3n) is 3.85. The lowest BCUT2D eigenvalue weighted by Gasteiger charge is -2.12. The molecule has 0 amide bonds. The first-order valence-electron chi connectivity index (χ1n) is 6.05. The van der Waals surface area contributed by atoms with Gasteiger partial charge in [0.25, 0.3) is 0 Å². The van der Waals surface area contributed by atoms with Crippen LogP contribution in [0, 0.1) is 5.41 Å². The van der Waals surface area contributed by atoms with Crippen LogP contribution in [-0.2, 0) is 11.2 Å². The monoisotopic (exact) mass is 225 g/mol. The lowest BCUT2D eigenvalue weighted by Crippen LogP contribution is -2.15. The molecular formula is C15H15NO. The zero-order chi connectivity index (χ0) is 11.9. The number of rotatable bonds is 3. The van der Waals surface area contributed by atoms with Crippen LogP contribution in [0.5, 0.6) is 0 Å². The molecule has 0 atom stereocenters. The van der Waals surface area contributed by atoms with E-state index in [9.17, 15) is 4.79 Å². The number of nitrogens with zero attached hydrogens (tertiary/aromatic N) is 1. The molecule has 0 aliphatic heterocycles. The van der Waals surface area contributed by atoms with Gasteiger partial charge in [0.15, 0.2) is 0 Å². The Labute approximate surface area is 101 Å². The van der Waals surface area contributed by atoms with Crippen molar-refractivity contribution in [3.63, 3.8) is 0 Å². The summed E-state index contributed by atoms with van der Waals surface area (Å²) in [6.45, 7) is 1.71. The van der Waals surface area contributed by atoms with Crippen LogP contribution in [0.2, 0.25) is 0 Å². The van der Waals surface area contributed by atoms with E-state index in [1.807, 2.05) is 12.3 Å². The van der Waals surface area contributed by atoms with Crippen molar-refractivity contribution in [3.05, 3.63) is 42.1 Å². The molecule has 1 aliphatic carbocycles. The summed E-state index contributed by atoms with van der Waals surface area (Å²) in [5.74, 6) is 0.324. The fourth-order valence-corrected chi connectivity index (χ4v) is 2.48. The number of pyridine rings is 1. The van der Waals surface area contributed by atoms with Crippen LogP contribution in [0.1, 0.15) is 25.3 Å². The quantitative estimate of drug-likeness (QED) is 0.803. The zero-order valence-corrected chi connectivity index (χ0v) is 9.94. The summed E-state index contributed by atoms with van der Waals surface area (Å²) in [6.07, 6.45) is 4.73. The zero-order valence-electron chi connectivity index (χ0n) is 9.94. The van der Waals surface area contributed by atoms with Crippen molar-refractivity contribution in [2.45, 2.75) is 26.2 Å². The molecule has 1 aromatic carbocycles. The van der Waals surface area contributed by atoms with Crippen molar-refractivity contribution in [1.29, 1.82) is 0 Å². The molecule has 1 fully saturated rings. The topological polar surface area (TPSA) is 30.0 Å². The molecule has 0 unspecified atom stereocenters. The average Bonchev–Trinajstić information content (AvgIpc) is 3.11. The molecule has 2 nitrogen and oxygen atoms in total. The summed E-state index contributed by atoms with van der Waals surface area (Å²) in [5.41, 5.74) is 2.17. The molecule has 1 aromatic heterocycles. The van der Waals surface area contributed by atoms with Crippen molar-refractivity contribution in [1.82, 2.24) is 4.98 Å². The highest BCUT2D eigenvalue weighted by Gasteiger charge is 2.47. The van der Waals surface area contributed by atoms with Gasteiger partial charge in [0.2, 0.25) is 0 Å². The molecule has 0 spiro atoms. The number of fused-ring (bicyclic) bond motifs is 1. The number of para-hydroxylation sites is 1. The molecule has 1 saturated carbocycles. The molecular weight excluding hydrogens is 210 g/mol. The van der Waals surface area contributed by atoms with Crippen LogP contribution in [-0.4, -0.2) is 10.8 Å². The van der Waals surface area contributed by atoms with Gasteiger partial charge in [-0.25, -0.2) is 0 Å². The summed E-state index contributed by atoms with van der Waals surface area (Å²) in [5, 5.41) is 1.16. The Balaban J connectivity index is 2.04. The van der Waals surface area contributed by atoms with Crippen LogP contribution in [0.15, 0.2) is 36.5 Å². The molecule has 0 saturated heterocycles. The Hall–Kier alpha value is -1.70. The van der Waals surface area contributed by atoms with Gasteiger partial charge in [-0.2, -0.15) is 0 Å². The number of carbonyl (C=O) groups excluding carboxylic acids is 1. The minimum absolute atomic E-state index is 0.0776. The Kier molecular flexibility index (Phi) is 2.25. The fourth-order valence-electron chi connectivity index (χ4n) is 2.48. The maximum absolute atomic E-state index is 11.6. The predicted molar refractivity (Wildman–Crippen MR) is 67.8 cm³/mol. The Bertz CT molecular complexity index is 579. The fraction of sp³-hybridized carbons (Fsp3) is 0.333. The van der Waals surface area contributed by atoms with Gasteiger partial charge in [0.1, 0.15) is 5.78 Å². The van der Waals surface area contributed by atoms with Gasteiger partial charge >= 0.3 is 0 Å². The van der Waals surface area contributed by atoms with Crippen LogP contribution < -0.4 is 0 Å². The normalized spacial score (nSPS) is 17.0. The van der Waals surface area contributed by atoms with Gasteiger partial charge in [0, 0.05) is 17.0 Å². The first kappa shape index (κ1) is 10.5. The first-order chi connectivity index (χ1) is 8.21. The van der Waals surface area contributed by atoms with Gasteiger partial charge in [0.05, 0.1) is 5.52 Å². The molecule has 1 heterocycles. The number of benzene rings is 1. The standard InChI is InChI=1S/C15H15NO/c1-11(17)15(7-8-15)10-13-5-2-4-12-6-3-9-16-14(12)13/h2-6,9H,7-8,10H2,1H3. The van der Waals surface area contributed by atoms with E-state index in [0.717, 1.165) is 30.2 Å². The molecule has 0 radical (unpaired) electrons. The van der Waals surface area contributed by atoms with E-state index in [1.165, 1.54) is 5.56 Å². The van der Waals surface area contributed by atoms with Gasteiger partial charge in [-0.1, -0.05) is 24.3 Å². The Morgan fingerprint density at radius 1 is 1.29 bits per heavy atom. The maximum atomic E-state index is 11.6. The number of aromatic nitrogens is 1. The predicted octanol–water partition coefficient (Wildman–Crippen LogP) is 3.15. The Morgan fingerprint density at radius 3 is 2.76 bits per heavy atom. The third-order valence-corrected chi connectivity index (χ3v) is 3.85. The minimum atomic E-state index is -0.0776. The van der Waals surface area contributed by atoms with Crippen molar-refractivity contribution in [3.8, 4) is 0 Å². The van der Waals surface area contributed by atoms with E-state index in [1.54, 1.807) is 6.92 Å². The van der Waals surface area contributed by atoms with E-state index in [0.29, 0.717) is 5.78 Å². The summed E-state index contributed by atoms with van der Waals surface area (Å²) in [7, 11) is 0. The maximum Gasteiger partial charge on any atom is 0.136 e. The highest BCUT2D eigenvalue weighted by atomic mass is 16.1. The second-order valence-corrected chi connectivity index (χ2v) is 5.01. The van der Waals surface area contributed by atoms with Crippen molar-refractivity contribution < 1.29 is 4.79 Å². The molecule has 0 N–H and O–H groups in total. The lowest BCUT2D eigenvalue weighted by molar-refractivity contribution is -0.121. The third kappa shape index (κ3) is 1.74. The highest BCUT2D eigenvalue weighted by Crippen LogP contribution is 2.49. The van der Waals surface area contributed by atoms with Crippen molar-refractivity contribution in [2.24, 2.45) is 5.41 Å². The van der Waals surface area contributed by atoms with Gasteiger partial charge < -0.3 is 0 Å². The summed E-state index contributed by atoms with van der Waals surface area (Å²) >= 11 is 0. The Morgan fingerprint density at radius 2 is 2.06 bits per heavy atom. The summed E-state index contributed by atoms with van der Waals surface area (Å²) in [6, 6.07) is 10.2. The smallest absolute Gasteiger partial charge is 0.136 e. The number of ketones is 1. The van der Waals surface area contributed by atoms with E-state index in [-0.39, 0.29) is 5.41 Å². The van der Waals surface area contributed by atoms with Crippen LogP contribution in [0.3, 0.4) is 0 Å². The SMILES string of the molecule is CC(=O)C1(Cc2cccc3cccnc23)CC1. The number of hydrogen-bond acceptors (Lipinski definition) is 2. The molecule has 17 heavy (non-hydrogen) atoms. The van der Waals surface area contributed by atoms with E-state index in [4.69, 9.17) is 0 Å². The molecule has 86 valence electrons. The second-order valence-electron chi connectivity index (χ2n) is 5.01. The molecule has 0 bridgehead atoms. The molecule has 1 aliphatic rings. The van der Waals surface area contributed by atoms with E-state index >= 15 is 0 Å². The van der Waals surface area contributed by atoms with Crippen LogP contribution in [0.25, 0.3) is 10.9 Å². The number of Topliss-reactive ketones (excluding diaryl/α,β-unsaturated/α-hetero) is 1. The van der Waals surface area contributed by atoms with Gasteiger partial charge in [-0.15, -0.1) is 0 Å². The van der Waals surface area contributed by atoms with Gasteiger partial charge in [-0.3, -0.25) is 9.78 Å². The summed E-state index contributed by atoms with van der Waals surface area (Å²) < 4.78 is 0. The van der Waals surface area contributed by atoms with Crippen LogP contribution in [0.4, 0.5) is 0 Å². The second kappa shape index (κ2) is 3.66. The molecule has 2 aromatic rings. The van der Waals surface area contributed by atoms with E-state index in [2.05, 4.69) is 29.2 Å². The number of carbonyl (C=O) groups is 1. The van der Waals surface area contributed by atoms with Crippen molar-refractivity contribution >= 4 is 16.7 Å². The van der Waals surface area contributed by atoms with E-state index < -0.39 is 0 Å².